The van der Waals surface area contributed by atoms with Gasteiger partial charge in [-0.25, -0.2) is 39.3 Å². The average Bonchev–Trinajstić information content (AvgIpc) is 1.65. The maximum atomic E-state index is 14.6. The first kappa shape index (κ1) is 90.1. The lowest BCUT2D eigenvalue weighted by atomic mass is 9.89. The Balaban J connectivity index is 0.000000126. The van der Waals surface area contributed by atoms with Gasteiger partial charge in [0.05, 0.1) is 113 Å². The standard InChI is InChI=1S/C23H24FN7O2S.2C21H20FN7O2S.C19H16FN7O2S.CH2O2/c1-2-33-16-7-5-15(6-8-16)31-12-18(21(30-31)20-17(24)4-3-9-25-20)28-22(32)19-13-34-23(29-19)14-10-26-27-11-14;2*1-2-31-14-6-13(7-14)29-10-16(19(28-29)15-4-3-5-18(22)25-15)26-20(30)17-11-32-21(27-17)12-8-23-24-9-12;20-16-3-1-2-13(23-16)17-14(8-27(26-17)11-4-12(28)5-11)24-18(29)15-9-30-19(25-15)10-6-21-22-7-10;2-1-3/h3-4,9-13,15-16H,2,5-8H2,1H3,(H,26,27)(H,28,32);2*3-5,8-11,13-14H,2,6-7H2,1H3,(H,23,24)(H,26,30);1-3,6-9,11-12,28H,4-5H2,(H,21,22)(H,24,29);1H,(H,2,3). The van der Waals surface area contributed by atoms with Crippen LogP contribution in [0.3, 0.4) is 0 Å². The second-order valence-electron chi connectivity index (χ2n) is 29.9. The minimum absolute atomic E-state index is 0.0185. The third-order valence-corrected chi connectivity index (χ3v) is 24.8. The number of aromatic nitrogens is 24. The van der Waals surface area contributed by atoms with Gasteiger partial charge in [-0.05, 0) is 134 Å². The molecular formula is C85H82F4N28O10S4. The normalized spacial score (nSPS) is 17.7. The fourth-order valence-electron chi connectivity index (χ4n) is 14.6. The fraction of sp³-hybridized carbons (Fsp3) is 0.282. The topological polar surface area (TPSA) is 491 Å². The second-order valence-corrected chi connectivity index (χ2v) is 33.4. The van der Waals surface area contributed by atoms with Crippen molar-refractivity contribution >= 4 is 98.2 Å². The van der Waals surface area contributed by atoms with E-state index in [4.69, 9.17) is 24.1 Å². The van der Waals surface area contributed by atoms with Crippen LogP contribution >= 0.6 is 45.3 Å². The number of hydrogen-bond donors (Lipinski definition) is 10. The van der Waals surface area contributed by atoms with Crippen molar-refractivity contribution in [1.29, 1.82) is 0 Å². The smallest absolute Gasteiger partial charge is 0.290 e. The molecule has 16 heterocycles. The number of aliphatic hydroxyl groups is 1. The molecule has 38 nitrogen and oxygen atoms in total. The largest absolute Gasteiger partial charge is 0.483 e. The van der Waals surface area contributed by atoms with Gasteiger partial charge in [-0.3, -0.25) is 68.1 Å². The summed E-state index contributed by atoms with van der Waals surface area (Å²) in [5.74, 6) is -3.93. The van der Waals surface area contributed by atoms with Crippen LogP contribution in [-0.2, 0) is 19.0 Å². The highest BCUT2D eigenvalue weighted by molar-refractivity contribution is 7.14. The van der Waals surface area contributed by atoms with Gasteiger partial charge >= 0.3 is 0 Å². The summed E-state index contributed by atoms with van der Waals surface area (Å²) in [6.07, 6.45) is 30.3. The molecule has 0 spiro atoms. The number of anilines is 4. The van der Waals surface area contributed by atoms with E-state index in [9.17, 15) is 41.8 Å². The second kappa shape index (κ2) is 41.9. The zero-order chi connectivity index (χ0) is 91.0. The number of pyridine rings is 4. The molecule has 20 rings (SSSR count). The quantitative estimate of drug-likeness (QED) is 0.0137. The summed E-state index contributed by atoms with van der Waals surface area (Å²) in [6.45, 7) is 7.74. The SMILES string of the molecule is CCOC1CC(n2cc(NC(=O)c3csc(-c4cn[nH]c4)n3)c(-c3cccc(F)n3)n2)C1.CCOC1CC(n2cc(NC(=O)c3csc(-c4cn[nH]c4)n3)c(-c3cccc(F)n3)n2)C1.CCOC1CCC(n2cc(NC(=O)c3csc(-c4cn[nH]c4)n3)c(-c3ncccc3F)n2)CC1.O=C(Nc1cn(C2CC(O)C2)nc1-c1cccc(F)n1)c1csc(-c2cn[nH]c2)n1.O=CO. The summed E-state index contributed by atoms with van der Waals surface area (Å²) in [5.41, 5.74) is 8.52. The van der Waals surface area contributed by atoms with Crippen molar-refractivity contribution in [2.24, 2.45) is 0 Å². The van der Waals surface area contributed by atoms with Gasteiger partial charge in [-0.15, -0.1) is 45.3 Å². The van der Waals surface area contributed by atoms with Crippen LogP contribution in [0.4, 0.5) is 40.3 Å². The molecule has 46 heteroatoms. The number of thiazole rings is 4. The number of H-pyrrole nitrogens is 4. The van der Waals surface area contributed by atoms with E-state index in [0.717, 1.165) is 73.6 Å². The maximum absolute atomic E-state index is 14.6. The molecule has 0 aromatic carbocycles. The number of nitrogens with one attached hydrogen (secondary N) is 8. The van der Waals surface area contributed by atoms with E-state index in [1.807, 2.05) is 25.5 Å². The van der Waals surface area contributed by atoms with Crippen LogP contribution < -0.4 is 21.3 Å². The molecule has 10 N–H and O–H groups in total. The number of halogens is 4. The van der Waals surface area contributed by atoms with Crippen molar-refractivity contribution < 1.29 is 66.0 Å². The number of nitrogens with zero attached hydrogens (tertiary/aromatic N) is 20. The third-order valence-electron chi connectivity index (χ3n) is 21.3. The number of carboxylic acid groups (broad SMARTS) is 1. The fourth-order valence-corrected chi connectivity index (χ4v) is 17.7. The highest BCUT2D eigenvalue weighted by Crippen LogP contribution is 2.42. The number of aliphatic hydroxyl groups excluding tert-OH is 1. The highest BCUT2D eigenvalue weighted by Gasteiger charge is 2.37. The molecule has 0 radical (unpaired) electrons. The Morgan fingerprint density at radius 3 is 1.04 bits per heavy atom. The summed E-state index contributed by atoms with van der Waals surface area (Å²) >= 11 is 5.37. The van der Waals surface area contributed by atoms with Gasteiger partial charge in [0, 0.05) is 119 Å². The molecule has 16 aromatic rings. The Bertz CT molecular complexity index is 6330. The monoisotopic (exact) mass is 1860 g/mol. The number of aromatic amines is 4. The molecule has 0 saturated heterocycles. The summed E-state index contributed by atoms with van der Waals surface area (Å²) in [5, 5.41) is 82.2. The van der Waals surface area contributed by atoms with E-state index in [2.05, 4.69) is 122 Å². The number of hydrogen-bond acceptors (Lipinski definition) is 29. The molecule has 674 valence electrons. The molecule has 4 amide bonds. The number of carbonyl (C=O) groups is 5. The Labute approximate surface area is 757 Å². The molecule has 0 bridgehead atoms. The lowest BCUT2D eigenvalue weighted by molar-refractivity contribution is -0.122. The van der Waals surface area contributed by atoms with Gasteiger partial charge in [0.1, 0.15) is 71.3 Å². The Kier molecular flexibility index (Phi) is 28.8. The molecule has 0 aliphatic heterocycles. The van der Waals surface area contributed by atoms with Crippen molar-refractivity contribution in [2.75, 3.05) is 41.1 Å². The Morgan fingerprint density at radius 1 is 0.420 bits per heavy atom. The molecule has 0 atom stereocenters. The molecule has 4 saturated carbocycles. The number of ether oxygens (including phenoxy) is 3. The van der Waals surface area contributed by atoms with Gasteiger partial charge in [-0.2, -0.15) is 54.0 Å². The van der Waals surface area contributed by atoms with Gasteiger partial charge in [-0.1, -0.05) is 18.2 Å². The molecule has 4 aliphatic carbocycles. The number of carbonyl (C=O) groups excluding carboxylic acids is 4. The van der Waals surface area contributed by atoms with Crippen LogP contribution in [0.1, 0.15) is 151 Å². The van der Waals surface area contributed by atoms with E-state index in [1.54, 1.807) is 140 Å². The summed E-state index contributed by atoms with van der Waals surface area (Å²) in [7, 11) is 0. The van der Waals surface area contributed by atoms with E-state index >= 15 is 0 Å². The van der Waals surface area contributed by atoms with Gasteiger partial charge in [0.2, 0.25) is 17.8 Å². The van der Waals surface area contributed by atoms with Crippen molar-refractivity contribution in [1.82, 2.24) is 120 Å². The number of amides is 4. The zero-order valence-corrected chi connectivity index (χ0v) is 73.1. The van der Waals surface area contributed by atoms with E-state index in [1.165, 1.54) is 87.9 Å². The Morgan fingerprint density at radius 2 is 0.733 bits per heavy atom. The first-order chi connectivity index (χ1) is 63.8. The van der Waals surface area contributed by atoms with E-state index in [0.29, 0.717) is 115 Å². The molecule has 131 heavy (non-hydrogen) atoms. The van der Waals surface area contributed by atoms with Crippen LogP contribution in [0.15, 0.2) is 169 Å². The first-order valence-electron chi connectivity index (χ1n) is 41.3. The van der Waals surface area contributed by atoms with Crippen LogP contribution in [0.5, 0.6) is 0 Å². The number of rotatable bonds is 26. The third kappa shape index (κ3) is 21.8. The highest BCUT2D eigenvalue weighted by atomic mass is 32.1. The molecule has 0 unspecified atom stereocenters. The lowest BCUT2D eigenvalue weighted by Gasteiger charge is -2.34. The maximum Gasteiger partial charge on any atom is 0.290 e. The minimum atomic E-state index is -0.636. The molecule has 16 aromatic heterocycles. The van der Waals surface area contributed by atoms with Crippen LogP contribution in [0.25, 0.3) is 87.8 Å². The van der Waals surface area contributed by atoms with Gasteiger partial charge < -0.3 is 45.7 Å². The predicted octanol–water partition coefficient (Wildman–Crippen LogP) is 15.1. The van der Waals surface area contributed by atoms with E-state index < -0.39 is 35.5 Å². The van der Waals surface area contributed by atoms with E-state index in [-0.39, 0.29) is 95.3 Å². The van der Waals surface area contributed by atoms with Crippen LogP contribution in [0.2, 0.25) is 0 Å². The first-order valence-corrected chi connectivity index (χ1v) is 44.8. The molecular weight excluding hydrogens is 1780 g/mol. The Hall–Kier alpha value is -14.3. The summed E-state index contributed by atoms with van der Waals surface area (Å²) in [4.78, 5) is 93.5. The van der Waals surface area contributed by atoms with Crippen molar-refractivity contribution in [3.05, 3.63) is 215 Å². The predicted molar refractivity (Wildman–Crippen MR) is 476 cm³/mol. The van der Waals surface area contributed by atoms with Gasteiger partial charge in [0.15, 0.2) is 5.82 Å². The lowest BCUT2D eigenvalue weighted by Crippen LogP contribution is -2.33. The van der Waals surface area contributed by atoms with Crippen LogP contribution in [-0.4, -0.2) is 204 Å². The molecule has 4 aliphatic rings. The summed E-state index contributed by atoms with van der Waals surface area (Å²) in [6, 6.07) is 16.7. The molecule has 4 fully saturated rings. The van der Waals surface area contributed by atoms with Crippen molar-refractivity contribution in [2.45, 2.75) is 134 Å². The van der Waals surface area contributed by atoms with Gasteiger partial charge in [0.25, 0.3) is 30.1 Å². The van der Waals surface area contributed by atoms with Crippen molar-refractivity contribution in [3.8, 4) is 87.8 Å². The average molecular weight is 1860 g/mol. The summed E-state index contributed by atoms with van der Waals surface area (Å²) < 4.78 is 79.9. The zero-order valence-electron chi connectivity index (χ0n) is 69.8. The minimum Gasteiger partial charge on any atom is -0.483 e. The van der Waals surface area contributed by atoms with Crippen molar-refractivity contribution in [3.63, 3.8) is 0 Å². The van der Waals surface area contributed by atoms with Crippen LogP contribution in [0, 0.1) is 23.7 Å².